The molecule has 1 aliphatic rings. The van der Waals surface area contributed by atoms with E-state index in [2.05, 4.69) is 41.4 Å². The van der Waals surface area contributed by atoms with Gasteiger partial charge in [-0.1, -0.05) is 18.2 Å². The molecule has 1 amide bonds. The zero-order chi connectivity index (χ0) is 18.5. The molecule has 0 aliphatic carbocycles. The summed E-state index contributed by atoms with van der Waals surface area (Å²) in [7, 11) is 1.53. The van der Waals surface area contributed by atoms with Crippen molar-refractivity contribution in [3.63, 3.8) is 0 Å². The highest BCUT2D eigenvalue weighted by Gasteiger charge is 2.24. The first-order chi connectivity index (χ1) is 12.6. The summed E-state index contributed by atoms with van der Waals surface area (Å²) >= 11 is 0. The van der Waals surface area contributed by atoms with Crippen molar-refractivity contribution in [1.29, 1.82) is 0 Å². The average Bonchev–Trinajstić information content (AvgIpc) is 2.95. The maximum absolute atomic E-state index is 12.0. The predicted octanol–water partition coefficient (Wildman–Crippen LogP) is 2.98. The van der Waals surface area contributed by atoms with E-state index < -0.39 is 0 Å². The minimum atomic E-state index is -0.160. The third-order valence-electron chi connectivity index (χ3n) is 4.58. The van der Waals surface area contributed by atoms with Gasteiger partial charge in [0.05, 0.1) is 7.11 Å². The number of phenols is 1. The van der Waals surface area contributed by atoms with Crippen LogP contribution in [-0.2, 0) is 11.2 Å². The lowest BCUT2D eigenvalue weighted by Crippen LogP contribution is -2.37. The second kappa shape index (κ2) is 7.95. The van der Waals surface area contributed by atoms with Crippen LogP contribution in [0, 0.1) is 0 Å². The molecule has 5 nitrogen and oxygen atoms in total. The molecule has 1 aliphatic heterocycles. The van der Waals surface area contributed by atoms with Crippen molar-refractivity contribution in [1.82, 2.24) is 5.32 Å². The van der Waals surface area contributed by atoms with Gasteiger partial charge in [-0.25, -0.2) is 0 Å². The van der Waals surface area contributed by atoms with Crippen LogP contribution in [0.5, 0.6) is 11.5 Å². The quantitative estimate of drug-likeness (QED) is 0.785. The van der Waals surface area contributed by atoms with Crippen LogP contribution >= 0.6 is 0 Å². The average molecular weight is 352 g/mol. The summed E-state index contributed by atoms with van der Waals surface area (Å²) in [5.41, 5.74) is 3.33. The molecule has 0 radical (unpaired) electrons. The van der Waals surface area contributed by atoms with E-state index in [1.54, 1.807) is 18.2 Å². The van der Waals surface area contributed by atoms with Crippen molar-refractivity contribution in [2.75, 3.05) is 25.1 Å². The van der Waals surface area contributed by atoms with Crippen LogP contribution in [-0.4, -0.2) is 37.3 Å². The van der Waals surface area contributed by atoms with Crippen LogP contribution in [0.25, 0.3) is 6.08 Å². The molecule has 1 unspecified atom stereocenters. The number of hydrogen-bond donors (Lipinski definition) is 2. The highest BCUT2D eigenvalue weighted by atomic mass is 16.5. The lowest BCUT2D eigenvalue weighted by Gasteiger charge is -2.24. The molecule has 2 N–H and O–H groups in total. The number of nitrogens with zero attached hydrogens (tertiary/aromatic N) is 1. The second-order valence-electron chi connectivity index (χ2n) is 6.46. The van der Waals surface area contributed by atoms with Gasteiger partial charge in [0.25, 0.3) is 0 Å². The van der Waals surface area contributed by atoms with Crippen LogP contribution in [0.3, 0.4) is 0 Å². The van der Waals surface area contributed by atoms with Crippen molar-refractivity contribution < 1.29 is 14.6 Å². The highest BCUT2D eigenvalue weighted by molar-refractivity contribution is 5.91. The normalized spacial score (nSPS) is 15.9. The molecule has 0 spiro atoms. The van der Waals surface area contributed by atoms with Crippen LogP contribution in [0.1, 0.15) is 18.1 Å². The molecule has 0 saturated heterocycles. The van der Waals surface area contributed by atoms with E-state index >= 15 is 0 Å². The Morgan fingerprint density at radius 2 is 2.15 bits per heavy atom. The Balaban J connectivity index is 1.53. The zero-order valence-corrected chi connectivity index (χ0v) is 15.1. The number of rotatable bonds is 6. The van der Waals surface area contributed by atoms with Crippen LogP contribution in [0.2, 0.25) is 0 Å². The molecule has 1 atom stereocenters. The number of fused-ring (bicyclic) bond motifs is 1. The lowest BCUT2D eigenvalue weighted by molar-refractivity contribution is -0.116. The van der Waals surface area contributed by atoms with Crippen molar-refractivity contribution >= 4 is 17.7 Å². The standard InChI is InChI=1S/C21H24N2O3/c1-15-11-17-5-3-4-6-20(17)23(15)10-9-22-21(25)8-7-16-12-18(24)14-19(13-16)26-2/h3-8,12-15,24H,9-11H2,1-2H3,(H,22,25)/b8-7+. The molecule has 1 heterocycles. The van der Waals surface area contributed by atoms with Crippen LogP contribution < -0.4 is 15.0 Å². The Hall–Kier alpha value is -2.95. The van der Waals surface area contributed by atoms with Gasteiger partial charge in [-0.2, -0.15) is 0 Å². The molecule has 3 rings (SSSR count). The Morgan fingerprint density at radius 1 is 1.35 bits per heavy atom. The van der Waals surface area contributed by atoms with Crippen molar-refractivity contribution in [2.45, 2.75) is 19.4 Å². The first-order valence-corrected chi connectivity index (χ1v) is 8.75. The Bertz CT molecular complexity index is 817. The Kier molecular flexibility index (Phi) is 5.46. The topological polar surface area (TPSA) is 61.8 Å². The second-order valence-corrected chi connectivity index (χ2v) is 6.46. The number of benzene rings is 2. The molecular formula is C21H24N2O3. The van der Waals surface area contributed by atoms with Gasteiger partial charge in [-0.3, -0.25) is 4.79 Å². The fraction of sp³-hybridized carbons (Fsp3) is 0.286. The van der Waals surface area contributed by atoms with Crippen molar-refractivity contribution in [3.05, 3.63) is 59.7 Å². The molecule has 2 aromatic carbocycles. The number of aromatic hydroxyl groups is 1. The zero-order valence-electron chi connectivity index (χ0n) is 15.1. The third kappa shape index (κ3) is 4.17. The number of hydrogen-bond acceptors (Lipinski definition) is 4. The van der Waals surface area contributed by atoms with Gasteiger partial charge in [0, 0.05) is 37.0 Å². The Morgan fingerprint density at radius 3 is 2.96 bits per heavy atom. The Labute approximate surface area is 153 Å². The summed E-state index contributed by atoms with van der Waals surface area (Å²) in [5, 5.41) is 12.6. The minimum absolute atomic E-state index is 0.103. The molecule has 5 heteroatoms. The molecule has 26 heavy (non-hydrogen) atoms. The van der Waals surface area contributed by atoms with E-state index in [1.165, 1.54) is 30.5 Å². The summed E-state index contributed by atoms with van der Waals surface area (Å²) < 4.78 is 5.10. The van der Waals surface area contributed by atoms with E-state index in [0.717, 1.165) is 13.0 Å². The summed E-state index contributed by atoms with van der Waals surface area (Å²) in [6.07, 6.45) is 4.17. The van der Waals surface area contributed by atoms with Crippen LogP contribution in [0.4, 0.5) is 5.69 Å². The highest BCUT2D eigenvalue weighted by Crippen LogP contribution is 2.31. The number of ether oxygens (including phenoxy) is 1. The van der Waals surface area contributed by atoms with Gasteiger partial charge >= 0.3 is 0 Å². The summed E-state index contributed by atoms with van der Waals surface area (Å²) in [5.74, 6) is 0.491. The number of anilines is 1. The molecule has 0 fully saturated rings. The monoisotopic (exact) mass is 352 g/mol. The molecule has 136 valence electrons. The van der Waals surface area contributed by atoms with Gasteiger partial charge in [-0.05, 0) is 48.7 Å². The molecular weight excluding hydrogens is 328 g/mol. The van der Waals surface area contributed by atoms with Gasteiger partial charge in [0.1, 0.15) is 11.5 Å². The number of amides is 1. The number of phenolic OH excluding ortho intramolecular Hbond substituents is 1. The summed E-state index contributed by atoms with van der Waals surface area (Å²) in [6.45, 7) is 3.56. The van der Waals surface area contributed by atoms with Crippen LogP contribution in [0.15, 0.2) is 48.5 Å². The van der Waals surface area contributed by atoms with Gasteiger partial charge in [-0.15, -0.1) is 0 Å². The summed E-state index contributed by atoms with van der Waals surface area (Å²) in [6, 6.07) is 13.7. The SMILES string of the molecule is COc1cc(O)cc(/C=C/C(=O)NCCN2c3ccccc3CC2C)c1. The largest absolute Gasteiger partial charge is 0.508 e. The predicted molar refractivity (Wildman–Crippen MR) is 104 cm³/mol. The van der Waals surface area contributed by atoms with Gasteiger partial charge in [0.15, 0.2) is 0 Å². The molecule has 0 bridgehead atoms. The smallest absolute Gasteiger partial charge is 0.244 e. The third-order valence-corrected chi connectivity index (χ3v) is 4.58. The van der Waals surface area contributed by atoms with Gasteiger partial charge in [0.2, 0.25) is 5.91 Å². The van der Waals surface area contributed by atoms with E-state index in [4.69, 9.17) is 4.74 Å². The van der Waals surface area contributed by atoms with E-state index in [-0.39, 0.29) is 11.7 Å². The minimum Gasteiger partial charge on any atom is -0.508 e. The number of nitrogens with one attached hydrogen (secondary N) is 1. The molecule has 0 saturated carbocycles. The van der Waals surface area contributed by atoms with E-state index in [1.807, 2.05) is 0 Å². The fourth-order valence-electron chi connectivity index (χ4n) is 3.32. The molecule has 0 aromatic heterocycles. The maximum Gasteiger partial charge on any atom is 0.244 e. The summed E-state index contributed by atoms with van der Waals surface area (Å²) in [4.78, 5) is 14.4. The first kappa shape index (κ1) is 17.9. The van der Waals surface area contributed by atoms with E-state index in [9.17, 15) is 9.90 Å². The van der Waals surface area contributed by atoms with Crippen molar-refractivity contribution in [3.8, 4) is 11.5 Å². The lowest BCUT2D eigenvalue weighted by atomic mass is 10.1. The maximum atomic E-state index is 12.0. The fourth-order valence-corrected chi connectivity index (χ4v) is 3.32. The van der Waals surface area contributed by atoms with E-state index in [0.29, 0.717) is 23.9 Å². The first-order valence-electron chi connectivity index (χ1n) is 8.75. The number of para-hydroxylation sites is 1. The molecule has 2 aromatic rings. The van der Waals surface area contributed by atoms with Crippen molar-refractivity contribution in [2.24, 2.45) is 0 Å². The van der Waals surface area contributed by atoms with Gasteiger partial charge < -0.3 is 20.1 Å². The number of carbonyl (C=O) groups excluding carboxylic acids is 1. The number of methoxy groups -OCH3 is 1. The number of carbonyl (C=O) groups is 1.